The van der Waals surface area contributed by atoms with Crippen LogP contribution in [0.4, 0.5) is 0 Å². The number of hydrogen-bond donors (Lipinski definition) is 2. The molecular weight excluding hydrogens is 304 g/mol. The van der Waals surface area contributed by atoms with Gasteiger partial charge in [0.15, 0.2) is 0 Å². The molecule has 2 rings (SSSR count). The number of benzene rings is 2. The van der Waals surface area contributed by atoms with Crippen LogP contribution in [0.5, 0.6) is 0 Å². The fourth-order valence-corrected chi connectivity index (χ4v) is 3.20. The zero-order valence-electron chi connectivity index (χ0n) is 14.9. The summed E-state index contributed by atoms with van der Waals surface area (Å²) in [5.41, 5.74) is 6.32. The summed E-state index contributed by atoms with van der Waals surface area (Å²) in [5, 5.41) is 19.3. The first-order valence-electron chi connectivity index (χ1n) is 7.77. The summed E-state index contributed by atoms with van der Waals surface area (Å²) in [6.07, 6.45) is 0. The van der Waals surface area contributed by atoms with E-state index in [1.165, 1.54) is 0 Å². The average Bonchev–Trinajstić information content (AvgIpc) is 2.50. The van der Waals surface area contributed by atoms with Crippen molar-refractivity contribution in [1.29, 1.82) is 0 Å². The van der Waals surface area contributed by atoms with Gasteiger partial charge in [0.25, 0.3) is 0 Å². The predicted octanol–water partition coefficient (Wildman–Crippen LogP) is 4.60. The molecule has 4 nitrogen and oxygen atoms in total. The van der Waals surface area contributed by atoms with Crippen molar-refractivity contribution in [3.8, 4) is 11.1 Å². The number of aryl methyl sites for hydroxylation is 1. The van der Waals surface area contributed by atoms with Crippen molar-refractivity contribution in [3.05, 3.63) is 56.6 Å². The first-order valence-corrected chi connectivity index (χ1v) is 7.77. The number of carboxylic acids is 2. The fourth-order valence-electron chi connectivity index (χ4n) is 3.20. The first-order chi connectivity index (χ1) is 11.1. The zero-order chi connectivity index (χ0) is 18.3. The summed E-state index contributed by atoms with van der Waals surface area (Å²) in [4.78, 5) is 23.7. The molecule has 2 N–H and O–H groups in total. The van der Waals surface area contributed by atoms with E-state index in [1.54, 1.807) is 6.92 Å². The standard InChI is InChI=1S/C20H22O4/c1-9-7-8-15(12(4)10(9)2)16-13(5)11(3)14(6)17(19(21)22)18(16)20(23)24/h7-8H,1-6H3,(H,21,22)(H,23,24). The second-order valence-corrected chi connectivity index (χ2v) is 6.29. The lowest BCUT2D eigenvalue weighted by molar-refractivity contribution is 0.0651. The van der Waals surface area contributed by atoms with Crippen LogP contribution < -0.4 is 0 Å². The molecule has 0 aliphatic carbocycles. The lowest BCUT2D eigenvalue weighted by Gasteiger charge is -2.21. The molecule has 0 saturated heterocycles. The average molecular weight is 326 g/mol. The first kappa shape index (κ1) is 17.7. The van der Waals surface area contributed by atoms with Gasteiger partial charge in [-0.1, -0.05) is 12.1 Å². The van der Waals surface area contributed by atoms with Gasteiger partial charge in [-0.2, -0.15) is 0 Å². The normalized spacial score (nSPS) is 10.8. The maximum atomic E-state index is 11.9. The van der Waals surface area contributed by atoms with Crippen LogP contribution >= 0.6 is 0 Å². The molecule has 2 aromatic carbocycles. The van der Waals surface area contributed by atoms with Gasteiger partial charge in [0, 0.05) is 5.56 Å². The van der Waals surface area contributed by atoms with E-state index < -0.39 is 11.9 Å². The monoisotopic (exact) mass is 326 g/mol. The third-order valence-corrected chi connectivity index (χ3v) is 5.13. The highest BCUT2D eigenvalue weighted by Gasteiger charge is 2.28. The lowest BCUT2D eigenvalue weighted by Crippen LogP contribution is -2.15. The molecule has 0 aromatic heterocycles. The maximum Gasteiger partial charge on any atom is 0.337 e. The van der Waals surface area contributed by atoms with Gasteiger partial charge in [0.1, 0.15) is 0 Å². The number of aromatic carboxylic acids is 2. The second kappa shape index (κ2) is 6.11. The van der Waals surface area contributed by atoms with E-state index in [1.807, 2.05) is 46.8 Å². The largest absolute Gasteiger partial charge is 0.478 e. The summed E-state index contributed by atoms with van der Waals surface area (Å²) in [6, 6.07) is 3.82. The summed E-state index contributed by atoms with van der Waals surface area (Å²) in [6.45, 7) is 11.3. The van der Waals surface area contributed by atoms with E-state index in [2.05, 4.69) is 0 Å². The summed E-state index contributed by atoms with van der Waals surface area (Å²) in [7, 11) is 0. The van der Waals surface area contributed by atoms with Gasteiger partial charge < -0.3 is 10.2 Å². The number of hydrogen-bond acceptors (Lipinski definition) is 2. The van der Waals surface area contributed by atoms with Crippen LogP contribution in [-0.2, 0) is 0 Å². The highest BCUT2D eigenvalue weighted by molar-refractivity contribution is 6.09. The third-order valence-electron chi connectivity index (χ3n) is 5.13. The van der Waals surface area contributed by atoms with Crippen molar-refractivity contribution >= 4 is 11.9 Å². The highest BCUT2D eigenvalue weighted by atomic mass is 16.4. The predicted molar refractivity (Wildman–Crippen MR) is 94.2 cm³/mol. The van der Waals surface area contributed by atoms with Crippen LogP contribution in [0.2, 0.25) is 0 Å². The van der Waals surface area contributed by atoms with Gasteiger partial charge >= 0.3 is 11.9 Å². The topological polar surface area (TPSA) is 74.6 Å². The van der Waals surface area contributed by atoms with Crippen molar-refractivity contribution in [2.75, 3.05) is 0 Å². The molecule has 126 valence electrons. The van der Waals surface area contributed by atoms with E-state index in [9.17, 15) is 19.8 Å². The summed E-state index contributed by atoms with van der Waals surface area (Å²) in [5.74, 6) is -2.43. The Kier molecular flexibility index (Phi) is 4.52. The Morgan fingerprint density at radius 2 is 1.21 bits per heavy atom. The zero-order valence-corrected chi connectivity index (χ0v) is 14.9. The molecule has 0 fully saturated rings. The van der Waals surface area contributed by atoms with Crippen LogP contribution in [0, 0.1) is 41.5 Å². The number of carbonyl (C=O) groups is 2. The Morgan fingerprint density at radius 1 is 0.667 bits per heavy atom. The van der Waals surface area contributed by atoms with Crippen LogP contribution in [0.15, 0.2) is 12.1 Å². The van der Waals surface area contributed by atoms with E-state index in [0.29, 0.717) is 11.1 Å². The Labute approximate surface area is 141 Å². The van der Waals surface area contributed by atoms with Gasteiger partial charge in [-0.05, 0) is 80.5 Å². The van der Waals surface area contributed by atoms with Crippen molar-refractivity contribution in [2.45, 2.75) is 41.5 Å². The lowest BCUT2D eigenvalue weighted by atomic mass is 9.82. The Balaban J connectivity index is 3.07. The number of rotatable bonds is 3. The summed E-state index contributed by atoms with van der Waals surface area (Å²) < 4.78 is 0. The maximum absolute atomic E-state index is 11.9. The van der Waals surface area contributed by atoms with E-state index in [4.69, 9.17) is 0 Å². The van der Waals surface area contributed by atoms with Crippen molar-refractivity contribution in [3.63, 3.8) is 0 Å². The van der Waals surface area contributed by atoms with Crippen LogP contribution in [0.25, 0.3) is 11.1 Å². The molecule has 0 saturated carbocycles. The minimum atomic E-state index is -1.22. The molecule has 0 amide bonds. The molecule has 0 unspecified atom stereocenters. The van der Waals surface area contributed by atoms with Crippen molar-refractivity contribution in [1.82, 2.24) is 0 Å². The molecule has 24 heavy (non-hydrogen) atoms. The SMILES string of the molecule is Cc1ccc(-c2c(C)c(C)c(C)c(C(=O)O)c2C(=O)O)c(C)c1C. The quantitative estimate of drug-likeness (QED) is 0.864. The van der Waals surface area contributed by atoms with Gasteiger partial charge in [0.05, 0.1) is 11.1 Å². The highest BCUT2D eigenvalue weighted by Crippen LogP contribution is 2.37. The van der Waals surface area contributed by atoms with Crippen molar-refractivity contribution in [2.24, 2.45) is 0 Å². The molecule has 0 bridgehead atoms. The van der Waals surface area contributed by atoms with Gasteiger partial charge in [-0.15, -0.1) is 0 Å². The van der Waals surface area contributed by atoms with Gasteiger partial charge in [-0.25, -0.2) is 9.59 Å². The van der Waals surface area contributed by atoms with Crippen LogP contribution in [0.1, 0.15) is 54.1 Å². The van der Waals surface area contributed by atoms with Gasteiger partial charge in [0.2, 0.25) is 0 Å². The fraction of sp³-hybridized carbons (Fsp3) is 0.300. The number of carboxylic acid groups (broad SMARTS) is 2. The molecule has 2 aromatic rings. The minimum Gasteiger partial charge on any atom is -0.478 e. The minimum absolute atomic E-state index is 0.127. The molecule has 0 aliphatic rings. The molecule has 0 heterocycles. The van der Waals surface area contributed by atoms with Crippen molar-refractivity contribution < 1.29 is 19.8 Å². The Hall–Kier alpha value is -2.62. The molecular formula is C20H22O4. The van der Waals surface area contributed by atoms with Crippen LogP contribution in [0.3, 0.4) is 0 Å². The van der Waals surface area contributed by atoms with Crippen LogP contribution in [-0.4, -0.2) is 22.2 Å². The third kappa shape index (κ3) is 2.58. The van der Waals surface area contributed by atoms with E-state index in [-0.39, 0.29) is 11.1 Å². The smallest absolute Gasteiger partial charge is 0.337 e. The Morgan fingerprint density at radius 3 is 1.71 bits per heavy atom. The summed E-state index contributed by atoms with van der Waals surface area (Å²) >= 11 is 0. The van der Waals surface area contributed by atoms with Gasteiger partial charge in [-0.3, -0.25) is 0 Å². The molecule has 0 radical (unpaired) electrons. The van der Waals surface area contributed by atoms with E-state index in [0.717, 1.165) is 33.4 Å². The molecule has 4 heteroatoms. The Bertz CT molecular complexity index is 876. The molecule has 0 aliphatic heterocycles. The molecule has 0 atom stereocenters. The van der Waals surface area contributed by atoms with E-state index >= 15 is 0 Å². The second-order valence-electron chi connectivity index (χ2n) is 6.29. The molecule has 0 spiro atoms.